The van der Waals surface area contributed by atoms with Crippen molar-refractivity contribution in [2.45, 2.75) is 33.2 Å². The number of carbonyl (C=O) groups is 3. The Morgan fingerprint density at radius 3 is 2.43 bits per heavy atom. The third-order valence-electron chi connectivity index (χ3n) is 5.25. The zero-order valence-electron chi connectivity index (χ0n) is 20.6. The summed E-state index contributed by atoms with van der Waals surface area (Å²) < 4.78 is 10.9. The quantitative estimate of drug-likeness (QED) is 0.193. The fraction of sp³-hybridized carbons (Fsp3) is 0.259. The lowest BCUT2D eigenvalue weighted by Gasteiger charge is -2.20. The Labute approximate surface area is 225 Å². The minimum absolute atomic E-state index is 0.186. The SMILES string of the molecule is CCCOC(=O)c1ccc(-c2ccc(C=NNC(=O)C(NC(=O)c3ccc(Cl)cc3Cl)C(C)C)o2)cc1. The maximum absolute atomic E-state index is 12.7. The Hall–Kier alpha value is -3.62. The Morgan fingerprint density at radius 1 is 1.05 bits per heavy atom. The molecule has 3 aromatic rings. The summed E-state index contributed by atoms with van der Waals surface area (Å²) in [5.74, 6) is -0.624. The van der Waals surface area contributed by atoms with Crippen molar-refractivity contribution < 1.29 is 23.5 Å². The number of halogens is 2. The highest BCUT2D eigenvalue weighted by molar-refractivity contribution is 6.36. The van der Waals surface area contributed by atoms with Gasteiger partial charge in [0.25, 0.3) is 11.8 Å². The summed E-state index contributed by atoms with van der Waals surface area (Å²) in [7, 11) is 0. The van der Waals surface area contributed by atoms with E-state index in [1.54, 1.807) is 56.3 Å². The molecule has 0 spiro atoms. The van der Waals surface area contributed by atoms with Gasteiger partial charge in [-0.05, 0) is 54.8 Å². The van der Waals surface area contributed by atoms with Crippen LogP contribution in [0.2, 0.25) is 10.0 Å². The second-order valence-corrected chi connectivity index (χ2v) is 9.31. The number of esters is 1. The van der Waals surface area contributed by atoms with Crippen molar-refractivity contribution >= 4 is 47.2 Å². The lowest BCUT2D eigenvalue weighted by molar-refractivity contribution is -0.123. The molecule has 1 atom stereocenters. The maximum Gasteiger partial charge on any atom is 0.338 e. The zero-order chi connectivity index (χ0) is 26.9. The van der Waals surface area contributed by atoms with Crippen LogP contribution in [0.5, 0.6) is 0 Å². The van der Waals surface area contributed by atoms with E-state index >= 15 is 0 Å². The topological polar surface area (TPSA) is 110 Å². The Morgan fingerprint density at radius 2 is 1.78 bits per heavy atom. The predicted molar refractivity (Wildman–Crippen MR) is 143 cm³/mol. The van der Waals surface area contributed by atoms with E-state index in [1.165, 1.54) is 18.3 Å². The zero-order valence-corrected chi connectivity index (χ0v) is 22.1. The van der Waals surface area contributed by atoms with Crippen LogP contribution in [-0.4, -0.2) is 36.6 Å². The van der Waals surface area contributed by atoms with Crippen LogP contribution < -0.4 is 10.7 Å². The van der Waals surface area contributed by atoms with E-state index in [9.17, 15) is 14.4 Å². The standard InChI is InChI=1S/C27H27Cl2N3O5/c1-4-13-36-27(35)18-7-5-17(6-8-18)23-12-10-20(37-23)15-30-32-26(34)24(16(2)3)31-25(33)21-11-9-19(28)14-22(21)29/h5-12,14-16,24H,4,13H2,1-3H3,(H,31,33)(H,32,34). The molecule has 2 amide bonds. The molecule has 0 aliphatic carbocycles. The van der Waals surface area contributed by atoms with Gasteiger partial charge in [0, 0.05) is 10.6 Å². The summed E-state index contributed by atoms with van der Waals surface area (Å²) in [6, 6.07) is 13.9. The van der Waals surface area contributed by atoms with E-state index in [-0.39, 0.29) is 22.5 Å². The average Bonchev–Trinajstić information content (AvgIpc) is 3.34. The molecule has 0 saturated heterocycles. The van der Waals surface area contributed by atoms with E-state index in [4.69, 9.17) is 32.4 Å². The predicted octanol–water partition coefficient (Wildman–Crippen LogP) is 5.72. The van der Waals surface area contributed by atoms with Gasteiger partial charge in [0.05, 0.1) is 29.0 Å². The molecule has 2 N–H and O–H groups in total. The molecular formula is C27H27Cl2N3O5. The van der Waals surface area contributed by atoms with Crippen LogP contribution in [0.25, 0.3) is 11.3 Å². The molecule has 0 saturated carbocycles. The average molecular weight is 544 g/mol. The van der Waals surface area contributed by atoms with Crippen molar-refractivity contribution in [2.75, 3.05) is 6.61 Å². The molecule has 194 valence electrons. The largest absolute Gasteiger partial charge is 0.462 e. The molecular weight excluding hydrogens is 517 g/mol. The van der Waals surface area contributed by atoms with Crippen molar-refractivity contribution in [2.24, 2.45) is 11.0 Å². The number of rotatable bonds is 10. The number of nitrogens with zero attached hydrogens (tertiary/aromatic N) is 1. The molecule has 37 heavy (non-hydrogen) atoms. The normalized spacial score (nSPS) is 11.9. The second kappa shape index (κ2) is 13.1. The summed E-state index contributed by atoms with van der Waals surface area (Å²) >= 11 is 12.0. The lowest BCUT2D eigenvalue weighted by atomic mass is 10.0. The molecule has 1 aromatic heterocycles. The first-order valence-corrected chi connectivity index (χ1v) is 12.4. The third-order valence-corrected chi connectivity index (χ3v) is 5.80. The molecule has 0 aliphatic heterocycles. The molecule has 1 unspecified atom stereocenters. The van der Waals surface area contributed by atoms with Gasteiger partial charge in [-0.2, -0.15) is 5.10 Å². The highest BCUT2D eigenvalue weighted by Crippen LogP contribution is 2.23. The van der Waals surface area contributed by atoms with E-state index in [0.717, 1.165) is 12.0 Å². The molecule has 0 bridgehead atoms. The third kappa shape index (κ3) is 7.68. The number of benzene rings is 2. The van der Waals surface area contributed by atoms with Gasteiger partial charge >= 0.3 is 5.97 Å². The summed E-state index contributed by atoms with van der Waals surface area (Å²) in [5, 5.41) is 7.22. The van der Waals surface area contributed by atoms with Crippen molar-refractivity contribution in [3.8, 4) is 11.3 Å². The van der Waals surface area contributed by atoms with Crippen LogP contribution in [-0.2, 0) is 9.53 Å². The van der Waals surface area contributed by atoms with Gasteiger partial charge in [-0.15, -0.1) is 0 Å². The van der Waals surface area contributed by atoms with Gasteiger partial charge in [0.15, 0.2) is 0 Å². The summed E-state index contributed by atoms with van der Waals surface area (Å²) in [6.07, 6.45) is 2.11. The molecule has 8 nitrogen and oxygen atoms in total. The van der Waals surface area contributed by atoms with Gasteiger partial charge in [-0.25, -0.2) is 10.2 Å². The Kier molecular flexibility index (Phi) is 9.88. The number of hydrogen-bond acceptors (Lipinski definition) is 6. The monoisotopic (exact) mass is 543 g/mol. The number of furan rings is 1. The highest BCUT2D eigenvalue weighted by Gasteiger charge is 2.25. The Bertz CT molecular complexity index is 1290. The summed E-state index contributed by atoms with van der Waals surface area (Å²) in [6.45, 7) is 5.90. The van der Waals surface area contributed by atoms with E-state index in [0.29, 0.717) is 28.7 Å². The first-order chi connectivity index (χ1) is 17.7. The molecule has 1 heterocycles. The number of hydrogen-bond donors (Lipinski definition) is 2. The first kappa shape index (κ1) is 28.0. The van der Waals surface area contributed by atoms with Crippen molar-refractivity contribution in [1.29, 1.82) is 0 Å². The van der Waals surface area contributed by atoms with Crippen molar-refractivity contribution in [1.82, 2.24) is 10.7 Å². The van der Waals surface area contributed by atoms with Gasteiger partial charge in [-0.3, -0.25) is 9.59 Å². The van der Waals surface area contributed by atoms with Crippen LogP contribution >= 0.6 is 23.2 Å². The second-order valence-electron chi connectivity index (χ2n) is 8.47. The number of amides is 2. The number of carbonyl (C=O) groups excluding carboxylic acids is 3. The first-order valence-electron chi connectivity index (χ1n) is 11.7. The van der Waals surface area contributed by atoms with Gasteiger partial charge in [0.2, 0.25) is 0 Å². The van der Waals surface area contributed by atoms with Crippen molar-refractivity contribution in [3.63, 3.8) is 0 Å². The summed E-state index contributed by atoms with van der Waals surface area (Å²) in [5.41, 5.74) is 3.86. The minimum Gasteiger partial charge on any atom is -0.462 e. The molecule has 0 fully saturated rings. The molecule has 2 aromatic carbocycles. The smallest absolute Gasteiger partial charge is 0.338 e. The van der Waals surface area contributed by atoms with Crippen LogP contribution in [0.3, 0.4) is 0 Å². The van der Waals surface area contributed by atoms with Crippen LogP contribution in [0.15, 0.2) is 64.1 Å². The minimum atomic E-state index is -0.855. The lowest BCUT2D eigenvalue weighted by Crippen LogP contribution is -2.48. The fourth-order valence-electron chi connectivity index (χ4n) is 3.28. The molecule has 0 aliphatic rings. The van der Waals surface area contributed by atoms with Crippen molar-refractivity contribution in [3.05, 3.63) is 81.5 Å². The van der Waals surface area contributed by atoms with Gasteiger partial charge in [0.1, 0.15) is 17.6 Å². The fourth-order valence-corrected chi connectivity index (χ4v) is 3.78. The molecule has 10 heteroatoms. The highest BCUT2D eigenvalue weighted by atomic mass is 35.5. The molecule has 0 radical (unpaired) electrons. The van der Waals surface area contributed by atoms with Gasteiger partial charge in [-0.1, -0.05) is 56.1 Å². The van der Waals surface area contributed by atoms with Crippen LogP contribution in [0, 0.1) is 5.92 Å². The van der Waals surface area contributed by atoms with E-state index < -0.39 is 17.9 Å². The molecule has 3 rings (SSSR count). The van der Waals surface area contributed by atoms with E-state index in [1.807, 2.05) is 6.92 Å². The summed E-state index contributed by atoms with van der Waals surface area (Å²) in [4.78, 5) is 37.3. The Balaban J connectivity index is 1.60. The number of nitrogens with one attached hydrogen (secondary N) is 2. The number of ether oxygens (including phenoxy) is 1. The van der Waals surface area contributed by atoms with Crippen LogP contribution in [0.1, 0.15) is 53.7 Å². The number of hydrazone groups is 1. The van der Waals surface area contributed by atoms with E-state index in [2.05, 4.69) is 15.8 Å². The maximum atomic E-state index is 12.7. The van der Waals surface area contributed by atoms with Gasteiger partial charge < -0.3 is 14.5 Å². The van der Waals surface area contributed by atoms with Crippen LogP contribution in [0.4, 0.5) is 0 Å².